The van der Waals surface area contributed by atoms with Crippen LogP contribution in [0.15, 0.2) is 18.2 Å². The van der Waals surface area contributed by atoms with E-state index in [1.807, 2.05) is 6.92 Å². The summed E-state index contributed by atoms with van der Waals surface area (Å²) in [7, 11) is 0. The van der Waals surface area contributed by atoms with Gasteiger partial charge < -0.3 is 15.4 Å². The molecular weight excluding hydrogens is 264 g/mol. The molecule has 0 aromatic heterocycles. The van der Waals surface area contributed by atoms with Gasteiger partial charge in [0.25, 0.3) is 0 Å². The monoisotopic (exact) mass is 282 g/mol. The van der Waals surface area contributed by atoms with Crippen LogP contribution in [0.1, 0.15) is 32.6 Å². The van der Waals surface area contributed by atoms with Crippen LogP contribution in [-0.2, 0) is 0 Å². The number of halogens is 1. The summed E-state index contributed by atoms with van der Waals surface area (Å²) in [6.07, 6.45) is 4.49. The van der Waals surface area contributed by atoms with E-state index in [0.717, 1.165) is 12.8 Å². The molecule has 2 rings (SSSR count). The zero-order valence-corrected chi connectivity index (χ0v) is 11.8. The molecule has 1 aromatic rings. The van der Waals surface area contributed by atoms with Crippen LogP contribution in [0.3, 0.4) is 0 Å². The molecule has 19 heavy (non-hydrogen) atoms. The highest BCUT2D eigenvalue weighted by atomic mass is 35.5. The van der Waals surface area contributed by atoms with Crippen LogP contribution in [0.5, 0.6) is 5.75 Å². The van der Waals surface area contributed by atoms with Crippen LogP contribution in [0.2, 0.25) is 5.02 Å². The summed E-state index contributed by atoms with van der Waals surface area (Å²) in [5.41, 5.74) is 0.602. The normalized spacial score (nSPS) is 15.3. The molecule has 0 unspecified atom stereocenters. The number of rotatable bonds is 4. The fraction of sp³-hybridized carbons (Fsp3) is 0.500. The quantitative estimate of drug-likeness (QED) is 0.882. The predicted molar refractivity (Wildman–Crippen MR) is 77.0 cm³/mol. The second-order valence-electron chi connectivity index (χ2n) is 4.65. The maximum atomic E-state index is 11.9. The Morgan fingerprint density at radius 3 is 2.84 bits per heavy atom. The van der Waals surface area contributed by atoms with Gasteiger partial charge in [0.15, 0.2) is 0 Å². The summed E-state index contributed by atoms with van der Waals surface area (Å²) in [4.78, 5) is 11.9. The maximum Gasteiger partial charge on any atom is 0.319 e. The number of hydrogen-bond acceptors (Lipinski definition) is 2. The molecule has 0 atom stereocenters. The Kier molecular flexibility index (Phi) is 4.91. The molecule has 0 bridgehead atoms. The maximum absolute atomic E-state index is 11.9. The molecule has 0 saturated heterocycles. The summed E-state index contributed by atoms with van der Waals surface area (Å²) in [6, 6.07) is 5.29. The van der Waals surface area contributed by atoms with Gasteiger partial charge in [0.05, 0.1) is 12.3 Å². The molecule has 0 spiro atoms. The number of carbonyl (C=O) groups excluding carboxylic acids is 1. The van der Waals surface area contributed by atoms with E-state index >= 15 is 0 Å². The molecule has 0 aliphatic heterocycles. The molecule has 104 valence electrons. The molecule has 1 aliphatic rings. The lowest BCUT2D eigenvalue weighted by Crippen LogP contribution is -2.36. The lowest BCUT2D eigenvalue weighted by molar-refractivity contribution is 0.248. The molecule has 2 amide bonds. The van der Waals surface area contributed by atoms with Crippen molar-refractivity contribution in [1.29, 1.82) is 0 Å². The Balaban J connectivity index is 2.00. The molecule has 5 heteroatoms. The van der Waals surface area contributed by atoms with Crippen molar-refractivity contribution in [1.82, 2.24) is 5.32 Å². The van der Waals surface area contributed by atoms with Gasteiger partial charge in [-0.15, -0.1) is 0 Å². The topological polar surface area (TPSA) is 50.4 Å². The molecule has 2 N–H and O–H groups in total. The van der Waals surface area contributed by atoms with Gasteiger partial charge in [0, 0.05) is 11.1 Å². The fourth-order valence-corrected chi connectivity index (χ4v) is 2.47. The van der Waals surface area contributed by atoms with Crippen molar-refractivity contribution in [2.45, 2.75) is 38.6 Å². The Morgan fingerprint density at radius 1 is 1.42 bits per heavy atom. The van der Waals surface area contributed by atoms with Gasteiger partial charge in [-0.25, -0.2) is 4.79 Å². The van der Waals surface area contributed by atoms with E-state index in [9.17, 15) is 4.79 Å². The number of nitrogens with one attached hydrogen (secondary N) is 2. The minimum atomic E-state index is -0.199. The third kappa shape index (κ3) is 4.03. The molecule has 1 fully saturated rings. The third-order valence-corrected chi connectivity index (χ3v) is 3.42. The van der Waals surface area contributed by atoms with Gasteiger partial charge in [0.1, 0.15) is 5.75 Å². The number of anilines is 1. The Labute approximate surface area is 118 Å². The predicted octanol–water partition coefficient (Wildman–Crippen LogP) is 3.80. The lowest BCUT2D eigenvalue weighted by Gasteiger charge is -2.15. The van der Waals surface area contributed by atoms with Gasteiger partial charge in [-0.1, -0.05) is 24.4 Å². The van der Waals surface area contributed by atoms with Crippen molar-refractivity contribution in [2.75, 3.05) is 11.9 Å². The van der Waals surface area contributed by atoms with Crippen molar-refractivity contribution in [3.8, 4) is 5.75 Å². The van der Waals surface area contributed by atoms with Crippen molar-refractivity contribution in [3.63, 3.8) is 0 Å². The highest BCUT2D eigenvalue weighted by Gasteiger charge is 2.17. The number of benzene rings is 1. The summed E-state index contributed by atoms with van der Waals surface area (Å²) in [5.74, 6) is 0.633. The van der Waals surface area contributed by atoms with Crippen LogP contribution in [0, 0.1) is 0 Å². The van der Waals surface area contributed by atoms with E-state index in [4.69, 9.17) is 16.3 Å². The Morgan fingerprint density at radius 2 is 2.16 bits per heavy atom. The van der Waals surface area contributed by atoms with Crippen LogP contribution >= 0.6 is 11.6 Å². The third-order valence-electron chi connectivity index (χ3n) is 3.18. The molecule has 4 nitrogen and oxygen atoms in total. The summed E-state index contributed by atoms with van der Waals surface area (Å²) >= 11 is 5.94. The molecule has 0 radical (unpaired) electrons. The first-order valence-electron chi connectivity index (χ1n) is 6.69. The minimum Gasteiger partial charge on any atom is -0.492 e. The van der Waals surface area contributed by atoms with Gasteiger partial charge >= 0.3 is 6.03 Å². The van der Waals surface area contributed by atoms with Crippen molar-refractivity contribution < 1.29 is 9.53 Å². The summed E-state index contributed by atoms with van der Waals surface area (Å²) in [6.45, 7) is 2.44. The first-order chi connectivity index (χ1) is 9.19. The highest BCUT2D eigenvalue weighted by molar-refractivity contribution is 6.31. The van der Waals surface area contributed by atoms with Crippen LogP contribution < -0.4 is 15.4 Å². The molecule has 1 aromatic carbocycles. The Hall–Kier alpha value is -1.42. The zero-order valence-electron chi connectivity index (χ0n) is 11.0. The van der Waals surface area contributed by atoms with E-state index in [-0.39, 0.29) is 12.1 Å². The second-order valence-corrected chi connectivity index (χ2v) is 5.09. The highest BCUT2D eigenvalue weighted by Crippen LogP contribution is 2.28. The standard InChI is InChI=1S/C14H19ClN2O2/c1-2-19-13-8-7-10(15)9-12(13)17-14(18)16-11-5-3-4-6-11/h7-9,11H,2-6H2,1H3,(H2,16,17,18). The van der Waals surface area contributed by atoms with E-state index in [1.165, 1.54) is 12.8 Å². The number of ether oxygens (including phenoxy) is 1. The van der Waals surface area contributed by atoms with E-state index in [2.05, 4.69) is 10.6 Å². The largest absolute Gasteiger partial charge is 0.492 e. The number of hydrogen-bond donors (Lipinski definition) is 2. The average molecular weight is 283 g/mol. The second kappa shape index (κ2) is 6.66. The molecular formula is C14H19ClN2O2. The number of amides is 2. The van der Waals surface area contributed by atoms with E-state index in [1.54, 1.807) is 18.2 Å². The molecule has 1 saturated carbocycles. The van der Waals surface area contributed by atoms with Gasteiger partial charge in [0.2, 0.25) is 0 Å². The lowest BCUT2D eigenvalue weighted by atomic mass is 10.2. The minimum absolute atomic E-state index is 0.199. The van der Waals surface area contributed by atoms with Gasteiger partial charge in [-0.3, -0.25) is 0 Å². The first-order valence-corrected chi connectivity index (χ1v) is 7.06. The Bertz CT molecular complexity index is 445. The smallest absolute Gasteiger partial charge is 0.319 e. The van der Waals surface area contributed by atoms with Crippen LogP contribution in [0.4, 0.5) is 10.5 Å². The molecule has 0 heterocycles. The zero-order chi connectivity index (χ0) is 13.7. The molecule has 1 aliphatic carbocycles. The fourth-order valence-electron chi connectivity index (χ4n) is 2.30. The number of carbonyl (C=O) groups is 1. The van der Waals surface area contributed by atoms with E-state index in [0.29, 0.717) is 23.1 Å². The number of urea groups is 1. The van der Waals surface area contributed by atoms with Gasteiger partial charge in [-0.05, 0) is 38.0 Å². The van der Waals surface area contributed by atoms with Crippen molar-refractivity contribution in [2.24, 2.45) is 0 Å². The van der Waals surface area contributed by atoms with Gasteiger partial charge in [-0.2, -0.15) is 0 Å². The van der Waals surface area contributed by atoms with Crippen molar-refractivity contribution in [3.05, 3.63) is 23.2 Å². The van der Waals surface area contributed by atoms with Crippen LogP contribution in [-0.4, -0.2) is 18.7 Å². The summed E-state index contributed by atoms with van der Waals surface area (Å²) in [5, 5.41) is 6.34. The SMILES string of the molecule is CCOc1ccc(Cl)cc1NC(=O)NC1CCCC1. The van der Waals surface area contributed by atoms with Crippen LogP contribution in [0.25, 0.3) is 0 Å². The first kappa shape index (κ1) is 14.0. The van der Waals surface area contributed by atoms with E-state index < -0.39 is 0 Å². The average Bonchev–Trinajstić information content (AvgIpc) is 2.85. The van der Waals surface area contributed by atoms with Crippen molar-refractivity contribution >= 4 is 23.3 Å². The summed E-state index contributed by atoms with van der Waals surface area (Å²) < 4.78 is 5.46.